The molecule has 2 rings (SSSR count). The average molecular weight is 360 g/mol. The Hall–Kier alpha value is -2.89. The van der Waals surface area contributed by atoms with Crippen LogP contribution in [0.1, 0.15) is 54.1 Å². The van der Waals surface area contributed by atoms with Crippen LogP contribution in [0.25, 0.3) is 0 Å². The summed E-state index contributed by atoms with van der Waals surface area (Å²) in [6.07, 6.45) is 1.91. The highest BCUT2D eigenvalue weighted by Gasteiger charge is 2.18. The molecule has 0 amide bonds. The van der Waals surface area contributed by atoms with Gasteiger partial charge < -0.3 is 25.2 Å². The lowest BCUT2D eigenvalue weighted by Crippen LogP contribution is -2.06. The van der Waals surface area contributed by atoms with E-state index in [1.54, 1.807) is 12.1 Å². The summed E-state index contributed by atoms with van der Waals surface area (Å²) >= 11 is 0. The molecule has 6 nitrogen and oxygen atoms in total. The van der Waals surface area contributed by atoms with Crippen LogP contribution >= 0.6 is 0 Å². The zero-order chi connectivity index (χ0) is 19.3. The molecule has 0 aliphatic rings. The van der Waals surface area contributed by atoms with Crippen molar-refractivity contribution in [3.63, 3.8) is 0 Å². The smallest absolute Gasteiger partial charge is 0.339 e. The third-order valence-corrected chi connectivity index (χ3v) is 4.35. The number of ether oxygens (including phenoxy) is 1. The molecule has 0 aliphatic heterocycles. The fourth-order valence-electron chi connectivity index (χ4n) is 2.78. The summed E-state index contributed by atoms with van der Waals surface area (Å²) < 4.78 is 5.79. The number of carboxylic acid groups (broad SMARTS) is 1. The van der Waals surface area contributed by atoms with Gasteiger partial charge in [-0.05, 0) is 48.6 Å². The first-order chi connectivity index (χ1) is 12.3. The van der Waals surface area contributed by atoms with E-state index in [1.807, 2.05) is 13.8 Å². The highest BCUT2D eigenvalue weighted by Crippen LogP contribution is 2.34. The molecule has 0 heterocycles. The molecular formula is C20H24O6. The number of phenolic OH excluding ortho intramolecular Hbond substituents is 2. The molecular weight excluding hydrogens is 336 g/mol. The highest BCUT2D eigenvalue weighted by atomic mass is 16.5. The topological polar surface area (TPSA) is 107 Å². The Kier molecular flexibility index (Phi) is 6.33. The van der Waals surface area contributed by atoms with Gasteiger partial charge in [0, 0.05) is 5.56 Å². The van der Waals surface area contributed by atoms with Gasteiger partial charge in [-0.1, -0.05) is 26.3 Å². The number of hydrogen-bond acceptors (Lipinski definition) is 5. The number of benzene rings is 2. The molecule has 0 saturated carbocycles. The lowest BCUT2D eigenvalue weighted by atomic mass is 9.98. The maximum Gasteiger partial charge on any atom is 0.339 e. The van der Waals surface area contributed by atoms with Gasteiger partial charge in [-0.15, -0.1) is 0 Å². The zero-order valence-electron chi connectivity index (χ0n) is 14.9. The second-order valence-electron chi connectivity index (χ2n) is 6.28. The second-order valence-corrected chi connectivity index (χ2v) is 6.28. The Morgan fingerprint density at radius 1 is 1.12 bits per heavy atom. The zero-order valence-corrected chi connectivity index (χ0v) is 14.9. The average Bonchev–Trinajstić information content (AvgIpc) is 2.59. The largest absolute Gasteiger partial charge is 0.507 e. The highest BCUT2D eigenvalue weighted by molar-refractivity contribution is 5.91. The van der Waals surface area contributed by atoms with Crippen molar-refractivity contribution in [2.45, 2.75) is 39.0 Å². The van der Waals surface area contributed by atoms with Gasteiger partial charge in [-0.3, -0.25) is 0 Å². The summed E-state index contributed by atoms with van der Waals surface area (Å²) in [6.45, 7) is 4.29. The van der Waals surface area contributed by atoms with Crippen molar-refractivity contribution in [3.05, 3.63) is 47.0 Å². The van der Waals surface area contributed by atoms with Crippen LogP contribution in [0.3, 0.4) is 0 Å². The molecule has 140 valence electrons. The molecule has 0 radical (unpaired) electrons. The van der Waals surface area contributed by atoms with E-state index in [4.69, 9.17) is 9.84 Å². The number of hydrogen-bond donors (Lipinski definition) is 4. The van der Waals surface area contributed by atoms with Gasteiger partial charge >= 0.3 is 5.97 Å². The van der Waals surface area contributed by atoms with Crippen molar-refractivity contribution in [2.75, 3.05) is 6.61 Å². The molecule has 0 fully saturated rings. The molecule has 4 N–H and O–H groups in total. The van der Waals surface area contributed by atoms with Crippen molar-refractivity contribution in [3.8, 4) is 23.0 Å². The van der Waals surface area contributed by atoms with E-state index < -0.39 is 5.97 Å². The Morgan fingerprint density at radius 2 is 1.85 bits per heavy atom. The summed E-state index contributed by atoms with van der Waals surface area (Å²) in [5, 5.41) is 38.3. The normalized spacial score (nSPS) is 11.9. The maximum absolute atomic E-state index is 11.2. The third kappa shape index (κ3) is 4.39. The molecule has 0 saturated heterocycles. The van der Waals surface area contributed by atoms with Crippen molar-refractivity contribution in [1.82, 2.24) is 0 Å². The van der Waals surface area contributed by atoms with E-state index in [2.05, 4.69) is 0 Å². The van der Waals surface area contributed by atoms with E-state index >= 15 is 0 Å². The predicted octanol–water partition coefficient (Wildman–Crippen LogP) is 4.03. The number of aromatic carboxylic acids is 1. The quantitative estimate of drug-likeness (QED) is 0.530. The van der Waals surface area contributed by atoms with E-state index in [9.17, 15) is 20.1 Å². The number of carbonyl (C=O) groups is 1. The van der Waals surface area contributed by atoms with Gasteiger partial charge in [0.25, 0.3) is 0 Å². The number of aromatic hydroxyl groups is 3. The fourth-order valence-corrected chi connectivity index (χ4v) is 2.78. The Morgan fingerprint density at radius 3 is 2.46 bits per heavy atom. The minimum absolute atomic E-state index is 0.0861. The summed E-state index contributed by atoms with van der Waals surface area (Å²) in [5.74, 6) is -1.16. The lowest BCUT2D eigenvalue weighted by Gasteiger charge is -2.16. The molecule has 2 aromatic rings. The Labute approximate surface area is 152 Å². The standard InChI is InChI=1S/C20H24O6/c1-3-4-14-18(8-6-15(19(14)23)20(24)25)26-10-9-12(2)13-5-7-16(21)17(22)11-13/h5-8,11-12,21-23H,3-4,9-10H2,1-2H3,(H,24,25). The molecule has 26 heavy (non-hydrogen) atoms. The number of rotatable bonds is 8. The maximum atomic E-state index is 11.2. The van der Waals surface area contributed by atoms with Gasteiger partial charge in [0.2, 0.25) is 0 Å². The van der Waals surface area contributed by atoms with Crippen molar-refractivity contribution >= 4 is 5.97 Å². The van der Waals surface area contributed by atoms with Crippen LogP contribution in [0.4, 0.5) is 0 Å². The minimum Gasteiger partial charge on any atom is -0.507 e. The van der Waals surface area contributed by atoms with Crippen LogP contribution in [0.5, 0.6) is 23.0 Å². The van der Waals surface area contributed by atoms with Gasteiger partial charge in [-0.2, -0.15) is 0 Å². The first kappa shape index (κ1) is 19.4. The molecule has 6 heteroatoms. The molecule has 2 aromatic carbocycles. The van der Waals surface area contributed by atoms with Crippen LogP contribution in [-0.2, 0) is 6.42 Å². The van der Waals surface area contributed by atoms with E-state index in [1.165, 1.54) is 18.2 Å². The SMILES string of the molecule is CCCc1c(OCCC(C)c2ccc(O)c(O)c2)ccc(C(=O)O)c1O. The summed E-state index contributed by atoms with van der Waals surface area (Å²) in [5.41, 5.74) is 1.25. The van der Waals surface area contributed by atoms with Crippen LogP contribution in [0.2, 0.25) is 0 Å². The number of carboxylic acids is 1. The molecule has 0 spiro atoms. The van der Waals surface area contributed by atoms with Gasteiger partial charge in [-0.25, -0.2) is 4.79 Å². The van der Waals surface area contributed by atoms with Gasteiger partial charge in [0.1, 0.15) is 17.1 Å². The Bertz CT molecular complexity index is 784. The summed E-state index contributed by atoms with van der Waals surface area (Å²) in [4.78, 5) is 11.2. The second kappa shape index (κ2) is 8.47. The van der Waals surface area contributed by atoms with E-state index in [0.717, 1.165) is 12.0 Å². The predicted molar refractivity (Wildman–Crippen MR) is 97.4 cm³/mol. The van der Waals surface area contributed by atoms with Crippen molar-refractivity contribution < 1.29 is 30.0 Å². The summed E-state index contributed by atoms with van der Waals surface area (Å²) in [6, 6.07) is 7.63. The first-order valence-corrected chi connectivity index (χ1v) is 8.58. The third-order valence-electron chi connectivity index (χ3n) is 4.35. The van der Waals surface area contributed by atoms with Crippen LogP contribution in [0, 0.1) is 0 Å². The van der Waals surface area contributed by atoms with Gasteiger partial charge in [0.05, 0.1) is 6.61 Å². The molecule has 0 bridgehead atoms. The van der Waals surface area contributed by atoms with Gasteiger partial charge in [0.15, 0.2) is 11.5 Å². The molecule has 1 atom stereocenters. The van der Waals surface area contributed by atoms with E-state index in [0.29, 0.717) is 30.8 Å². The number of phenols is 3. The van der Waals surface area contributed by atoms with E-state index in [-0.39, 0.29) is 28.7 Å². The lowest BCUT2D eigenvalue weighted by molar-refractivity contribution is 0.0693. The molecule has 0 aliphatic carbocycles. The van der Waals surface area contributed by atoms with Crippen LogP contribution in [0.15, 0.2) is 30.3 Å². The fraction of sp³-hybridized carbons (Fsp3) is 0.350. The van der Waals surface area contributed by atoms with Crippen molar-refractivity contribution in [1.29, 1.82) is 0 Å². The molecule has 0 aromatic heterocycles. The van der Waals surface area contributed by atoms with Crippen LogP contribution in [-0.4, -0.2) is 33.0 Å². The minimum atomic E-state index is -1.17. The molecule has 1 unspecified atom stereocenters. The Balaban J connectivity index is 2.07. The summed E-state index contributed by atoms with van der Waals surface area (Å²) in [7, 11) is 0. The monoisotopic (exact) mass is 360 g/mol. The first-order valence-electron chi connectivity index (χ1n) is 8.58. The van der Waals surface area contributed by atoms with Crippen LogP contribution < -0.4 is 4.74 Å². The van der Waals surface area contributed by atoms with Crippen molar-refractivity contribution in [2.24, 2.45) is 0 Å².